The molecule has 3 N–H and O–H groups in total. The quantitative estimate of drug-likeness (QED) is 0.644. The molecule has 0 spiro atoms. The van der Waals surface area contributed by atoms with Crippen LogP contribution < -0.4 is 10.6 Å². The SMILES string of the molecule is O=C(CC(c1ccccc1)c1ccccc1)NC1CCC(C(=O)NCCO)CC1. The average molecular weight is 395 g/mol. The van der Waals surface area contributed by atoms with Crippen LogP contribution in [0.4, 0.5) is 0 Å². The highest BCUT2D eigenvalue weighted by Crippen LogP contribution is 2.29. The Kier molecular flexibility index (Phi) is 7.82. The fourth-order valence-electron chi connectivity index (χ4n) is 4.09. The van der Waals surface area contributed by atoms with Gasteiger partial charge in [-0.3, -0.25) is 9.59 Å². The van der Waals surface area contributed by atoms with E-state index < -0.39 is 0 Å². The lowest BCUT2D eigenvalue weighted by Gasteiger charge is -2.29. The molecule has 5 nitrogen and oxygen atoms in total. The van der Waals surface area contributed by atoms with Gasteiger partial charge in [-0.25, -0.2) is 0 Å². The molecular weight excluding hydrogens is 364 g/mol. The molecule has 0 radical (unpaired) electrons. The van der Waals surface area contributed by atoms with Crippen molar-refractivity contribution in [2.45, 2.75) is 44.1 Å². The minimum absolute atomic E-state index is 0.0112. The topological polar surface area (TPSA) is 78.4 Å². The number of hydrogen-bond acceptors (Lipinski definition) is 3. The number of benzene rings is 2. The molecule has 3 rings (SSSR count). The number of aliphatic hydroxyl groups excluding tert-OH is 1. The Hall–Kier alpha value is -2.66. The Morgan fingerprint density at radius 2 is 1.45 bits per heavy atom. The second-order valence-electron chi connectivity index (χ2n) is 7.71. The lowest BCUT2D eigenvalue weighted by atomic mass is 9.84. The van der Waals surface area contributed by atoms with Gasteiger partial charge < -0.3 is 15.7 Å². The molecule has 2 aromatic rings. The van der Waals surface area contributed by atoms with Crippen LogP contribution in [0.15, 0.2) is 60.7 Å². The molecule has 1 saturated carbocycles. The number of aliphatic hydroxyl groups is 1. The first-order valence-corrected chi connectivity index (χ1v) is 10.4. The highest BCUT2D eigenvalue weighted by molar-refractivity contribution is 5.79. The van der Waals surface area contributed by atoms with Crippen molar-refractivity contribution in [1.29, 1.82) is 0 Å². The van der Waals surface area contributed by atoms with E-state index in [1.54, 1.807) is 0 Å². The third-order valence-corrected chi connectivity index (χ3v) is 5.67. The highest BCUT2D eigenvalue weighted by Gasteiger charge is 2.27. The first-order chi connectivity index (χ1) is 14.2. The van der Waals surface area contributed by atoms with Gasteiger partial charge in [-0.05, 0) is 36.8 Å². The molecule has 5 heteroatoms. The van der Waals surface area contributed by atoms with Gasteiger partial charge in [0.2, 0.25) is 11.8 Å². The summed E-state index contributed by atoms with van der Waals surface area (Å²) in [4.78, 5) is 24.8. The maximum Gasteiger partial charge on any atom is 0.223 e. The van der Waals surface area contributed by atoms with Crippen LogP contribution in [-0.2, 0) is 9.59 Å². The van der Waals surface area contributed by atoms with E-state index in [1.165, 1.54) is 0 Å². The van der Waals surface area contributed by atoms with Crippen molar-refractivity contribution in [2.24, 2.45) is 5.92 Å². The van der Waals surface area contributed by atoms with E-state index >= 15 is 0 Å². The molecule has 0 heterocycles. The van der Waals surface area contributed by atoms with Crippen LogP contribution in [0.5, 0.6) is 0 Å². The van der Waals surface area contributed by atoms with Crippen molar-refractivity contribution < 1.29 is 14.7 Å². The van der Waals surface area contributed by atoms with Gasteiger partial charge in [-0.1, -0.05) is 60.7 Å². The number of amides is 2. The van der Waals surface area contributed by atoms with Gasteiger partial charge in [0.1, 0.15) is 0 Å². The molecule has 0 aromatic heterocycles. The molecule has 0 saturated heterocycles. The summed E-state index contributed by atoms with van der Waals surface area (Å²) in [6.07, 6.45) is 3.56. The maximum absolute atomic E-state index is 12.8. The smallest absolute Gasteiger partial charge is 0.223 e. The van der Waals surface area contributed by atoms with Crippen LogP contribution in [0, 0.1) is 5.92 Å². The molecule has 2 aromatic carbocycles. The zero-order chi connectivity index (χ0) is 20.5. The molecule has 154 valence electrons. The van der Waals surface area contributed by atoms with Crippen LogP contribution in [0.25, 0.3) is 0 Å². The average Bonchev–Trinajstić information content (AvgIpc) is 2.77. The predicted octanol–water partition coefficient (Wildman–Crippen LogP) is 2.99. The van der Waals surface area contributed by atoms with Gasteiger partial charge >= 0.3 is 0 Å². The lowest BCUT2D eigenvalue weighted by Crippen LogP contribution is -2.41. The first kappa shape index (κ1) is 21.1. The summed E-state index contributed by atoms with van der Waals surface area (Å²) in [7, 11) is 0. The Balaban J connectivity index is 1.55. The van der Waals surface area contributed by atoms with E-state index in [4.69, 9.17) is 5.11 Å². The van der Waals surface area contributed by atoms with Crippen molar-refractivity contribution in [3.8, 4) is 0 Å². The van der Waals surface area contributed by atoms with E-state index in [2.05, 4.69) is 34.9 Å². The van der Waals surface area contributed by atoms with Crippen LogP contribution in [0.2, 0.25) is 0 Å². The summed E-state index contributed by atoms with van der Waals surface area (Å²) >= 11 is 0. The molecule has 0 atom stereocenters. The largest absolute Gasteiger partial charge is 0.395 e. The summed E-state index contributed by atoms with van der Waals surface area (Å²) in [5.74, 6) is 0.0713. The minimum Gasteiger partial charge on any atom is -0.395 e. The van der Waals surface area contributed by atoms with Crippen LogP contribution >= 0.6 is 0 Å². The molecular formula is C24H30N2O3. The highest BCUT2D eigenvalue weighted by atomic mass is 16.3. The second kappa shape index (κ2) is 10.8. The predicted molar refractivity (Wildman–Crippen MR) is 113 cm³/mol. The van der Waals surface area contributed by atoms with Crippen LogP contribution in [-0.4, -0.2) is 36.1 Å². The first-order valence-electron chi connectivity index (χ1n) is 10.4. The van der Waals surface area contributed by atoms with Gasteiger partial charge in [0, 0.05) is 30.8 Å². The molecule has 0 bridgehead atoms. The van der Waals surface area contributed by atoms with Gasteiger partial charge in [-0.2, -0.15) is 0 Å². The number of nitrogens with one attached hydrogen (secondary N) is 2. The third kappa shape index (κ3) is 6.16. The number of carbonyl (C=O) groups is 2. The molecule has 2 amide bonds. The van der Waals surface area contributed by atoms with E-state index in [1.807, 2.05) is 36.4 Å². The van der Waals surface area contributed by atoms with Crippen molar-refractivity contribution >= 4 is 11.8 Å². The van der Waals surface area contributed by atoms with E-state index in [0.717, 1.165) is 36.8 Å². The van der Waals surface area contributed by atoms with Crippen molar-refractivity contribution in [2.75, 3.05) is 13.2 Å². The molecule has 0 aliphatic heterocycles. The van der Waals surface area contributed by atoms with Gasteiger partial charge in [0.25, 0.3) is 0 Å². The Morgan fingerprint density at radius 3 is 1.97 bits per heavy atom. The summed E-state index contributed by atoms with van der Waals surface area (Å²) in [5.41, 5.74) is 2.27. The fraction of sp³-hybridized carbons (Fsp3) is 0.417. The van der Waals surface area contributed by atoms with E-state index in [-0.39, 0.29) is 36.3 Å². The van der Waals surface area contributed by atoms with E-state index in [9.17, 15) is 9.59 Å². The lowest BCUT2D eigenvalue weighted by molar-refractivity contribution is -0.126. The number of hydrogen-bond donors (Lipinski definition) is 3. The van der Waals surface area contributed by atoms with Crippen LogP contribution in [0.3, 0.4) is 0 Å². The van der Waals surface area contributed by atoms with Crippen molar-refractivity contribution in [3.05, 3.63) is 71.8 Å². The maximum atomic E-state index is 12.8. The normalized spacial score (nSPS) is 19.0. The summed E-state index contributed by atoms with van der Waals surface area (Å²) in [6.45, 7) is 0.261. The molecule has 0 unspecified atom stereocenters. The third-order valence-electron chi connectivity index (χ3n) is 5.67. The molecule has 1 aliphatic rings. The Bertz CT molecular complexity index is 732. The second-order valence-corrected chi connectivity index (χ2v) is 7.71. The van der Waals surface area contributed by atoms with Crippen molar-refractivity contribution in [1.82, 2.24) is 10.6 Å². The standard InChI is InChI=1S/C24H30N2O3/c27-16-15-25-24(29)20-11-13-21(14-12-20)26-23(28)17-22(18-7-3-1-4-8-18)19-9-5-2-6-10-19/h1-10,20-22,27H,11-17H2,(H,25,29)(H,26,28). The van der Waals surface area contributed by atoms with Gasteiger partial charge in [0.05, 0.1) is 6.61 Å². The van der Waals surface area contributed by atoms with E-state index in [0.29, 0.717) is 13.0 Å². The summed E-state index contributed by atoms with van der Waals surface area (Å²) in [5, 5.41) is 14.8. The minimum atomic E-state index is -0.0405. The van der Waals surface area contributed by atoms with Gasteiger partial charge in [-0.15, -0.1) is 0 Å². The molecule has 1 fully saturated rings. The number of carbonyl (C=O) groups excluding carboxylic acids is 2. The van der Waals surface area contributed by atoms with Crippen LogP contribution in [0.1, 0.15) is 49.1 Å². The number of rotatable bonds is 8. The zero-order valence-electron chi connectivity index (χ0n) is 16.7. The molecule has 1 aliphatic carbocycles. The fourth-order valence-corrected chi connectivity index (χ4v) is 4.09. The Morgan fingerprint density at radius 1 is 0.897 bits per heavy atom. The van der Waals surface area contributed by atoms with Crippen molar-refractivity contribution in [3.63, 3.8) is 0 Å². The zero-order valence-corrected chi connectivity index (χ0v) is 16.7. The summed E-state index contributed by atoms with van der Waals surface area (Å²) in [6, 6.07) is 20.4. The monoisotopic (exact) mass is 394 g/mol. The summed E-state index contributed by atoms with van der Waals surface area (Å²) < 4.78 is 0. The Labute approximate surface area is 172 Å². The molecule has 29 heavy (non-hydrogen) atoms. The van der Waals surface area contributed by atoms with Gasteiger partial charge in [0.15, 0.2) is 0 Å².